The van der Waals surface area contributed by atoms with Crippen LogP contribution in [0.5, 0.6) is 0 Å². The summed E-state index contributed by atoms with van der Waals surface area (Å²) in [5.41, 5.74) is 0. The molecule has 0 aromatic heterocycles. The first-order valence-corrected chi connectivity index (χ1v) is 6.35. The Kier molecular flexibility index (Phi) is 11.5. The van der Waals surface area contributed by atoms with Crippen molar-refractivity contribution in [2.75, 3.05) is 0 Å². The summed E-state index contributed by atoms with van der Waals surface area (Å²) in [4.78, 5) is 0. The molecule has 70 valence electrons. The summed E-state index contributed by atoms with van der Waals surface area (Å²) in [5.74, 6) is 0. The average Bonchev–Trinajstić information content (AvgIpc) is 1.14. The third kappa shape index (κ3) is 18.9. The fourth-order valence-electron chi connectivity index (χ4n) is 1.12. The molecule has 3 heteroatoms. The van der Waals surface area contributed by atoms with Crippen LogP contribution < -0.4 is 0 Å². The van der Waals surface area contributed by atoms with E-state index in [1.54, 1.807) is 0 Å². The molecule has 0 aliphatic rings. The van der Waals surface area contributed by atoms with E-state index in [0.717, 1.165) is 0 Å². The van der Waals surface area contributed by atoms with E-state index in [0.29, 0.717) is 6.86 Å². The molecule has 0 heterocycles. The molecule has 0 nitrogen and oxygen atoms in total. The molecule has 0 aromatic carbocycles. The van der Waals surface area contributed by atoms with E-state index in [1.165, 1.54) is 0 Å². The van der Waals surface area contributed by atoms with Gasteiger partial charge in [0.1, 0.15) is 0 Å². The molecule has 0 bridgehead atoms. The number of hydrogen-bond donors (Lipinski definition) is 0. The van der Waals surface area contributed by atoms with Crippen LogP contribution in [0.3, 0.4) is 0 Å². The summed E-state index contributed by atoms with van der Waals surface area (Å²) in [7, 11) is 0. The Morgan fingerprint density at radius 2 is 0.818 bits per heavy atom. The van der Waals surface area contributed by atoms with Crippen molar-refractivity contribution in [1.29, 1.82) is 0 Å². The second-order valence-electron chi connectivity index (χ2n) is 4.62. The molecule has 11 heavy (non-hydrogen) atoms. The first-order chi connectivity index (χ1) is 3.71. The maximum atomic E-state index is 2.37. The van der Waals surface area contributed by atoms with Crippen LogP contribution in [-0.4, -0.2) is 21.1 Å². The molecule has 0 unspecified atom stereocenters. The summed E-state index contributed by atoms with van der Waals surface area (Å²) < 4.78 is 1.31. The second kappa shape index (κ2) is 6.67. The van der Waals surface area contributed by atoms with Crippen molar-refractivity contribution in [3.05, 3.63) is 0 Å². The van der Waals surface area contributed by atoms with Crippen LogP contribution in [0.1, 0.15) is 41.5 Å². The van der Waals surface area contributed by atoms with Gasteiger partial charge in [-0.1, -0.05) is 0 Å². The standard InChI is InChI=1S/2C4H9.2HI.Sn/c2*1-4(2)3;;;/h2*1-3H3;2*1H;. The number of hydrogen-bond acceptors (Lipinski definition) is 0. The van der Waals surface area contributed by atoms with E-state index in [9.17, 15) is 0 Å². The van der Waals surface area contributed by atoms with Crippen molar-refractivity contribution >= 4 is 69.1 Å². The van der Waals surface area contributed by atoms with Gasteiger partial charge >= 0.3 is 69.5 Å². The Morgan fingerprint density at radius 3 is 0.818 bits per heavy atom. The first-order valence-electron chi connectivity index (χ1n) is 3.50. The molecule has 0 aromatic rings. The summed E-state index contributed by atoms with van der Waals surface area (Å²) >= 11 is -0.182. The molecule has 0 aliphatic heterocycles. The van der Waals surface area contributed by atoms with E-state index in [-0.39, 0.29) is 69.1 Å². The number of halogens is 2. The molecule has 0 rings (SSSR count). The van der Waals surface area contributed by atoms with Gasteiger partial charge in [0.25, 0.3) is 0 Å². The Hall–Kier alpha value is 2.26. The molecule has 0 saturated heterocycles. The van der Waals surface area contributed by atoms with Crippen molar-refractivity contribution in [1.82, 2.24) is 0 Å². The average molecular weight is 489 g/mol. The summed E-state index contributed by atoms with van der Waals surface area (Å²) in [6.45, 7) is 14.2. The zero-order chi connectivity index (χ0) is 7.71. The van der Waals surface area contributed by atoms with E-state index < -0.39 is 0 Å². The van der Waals surface area contributed by atoms with Gasteiger partial charge in [-0.15, -0.1) is 48.0 Å². The maximum Gasteiger partial charge on any atom is -0.107 e. The molecule has 0 N–H and O–H groups in total. The zero-order valence-electron chi connectivity index (χ0n) is 8.32. The Bertz CT molecular complexity index is 77.2. The predicted molar refractivity (Wildman–Crippen MR) is 76.0 cm³/mol. The largest absolute Gasteiger partial charge is 0.107 e. The predicted octanol–water partition coefficient (Wildman–Crippen LogP) is 4.36. The van der Waals surface area contributed by atoms with Gasteiger partial charge in [-0.25, -0.2) is 0 Å². The van der Waals surface area contributed by atoms with Gasteiger partial charge in [0.05, 0.1) is 0 Å². The molecular weight excluding hydrogens is 469 g/mol. The van der Waals surface area contributed by atoms with Crippen molar-refractivity contribution in [2.24, 2.45) is 0 Å². The van der Waals surface area contributed by atoms with Gasteiger partial charge in [-0.2, -0.15) is 0 Å². The topological polar surface area (TPSA) is 0 Å². The van der Waals surface area contributed by atoms with Gasteiger partial charge in [-0.3, -0.25) is 0 Å². The van der Waals surface area contributed by atoms with Gasteiger partial charge in [-0.05, 0) is 0 Å². The quantitative estimate of drug-likeness (QED) is 0.351. The minimum absolute atomic E-state index is 0. The molecule has 0 spiro atoms. The van der Waals surface area contributed by atoms with E-state index in [2.05, 4.69) is 41.5 Å². The molecule has 0 atom stereocenters. The Balaban J connectivity index is -0.000000320. The molecule has 0 fully saturated rings. The van der Waals surface area contributed by atoms with Gasteiger partial charge in [0, 0.05) is 0 Å². The molecular formula is C8H20I2Sn. The molecule has 0 saturated carbocycles. The minimum atomic E-state index is -0.182. The van der Waals surface area contributed by atoms with Crippen LogP contribution in [-0.2, 0) is 0 Å². The van der Waals surface area contributed by atoms with Crippen molar-refractivity contribution < 1.29 is 0 Å². The van der Waals surface area contributed by atoms with Crippen molar-refractivity contribution in [2.45, 2.75) is 48.4 Å². The number of rotatable bonds is 0. The van der Waals surface area contributed by atoms with Gasteiger partial charge < -0.3 is 0 Å². The molecule has 2 radical (unpaired) electrons. The summed E-state index contributed by atoms with van der Waals surface area (Å²) in [5, 5.41) is 0. The van der Waals surface area contributed by atoms with E-state index >= 15 is 0 Å². The Labute approximate surface area is 116 Å². The van der Waals surface area contributed by atoms with Gasteiger partial charge in [0.2, 0.25) is 0 Å². The van der Waals surface area contributed by atoms with Crippen LogP contribution >= 0.6 is 48.0 Å². The fraction of sp³-hybridized carbons (Fsp3) is 1.00. The van der Waals surface area contributed by atoms with Crippen molar-refractivity contribution in [3.8, 4) is 0 Å². The van der Waals surface area contributed by atoms with E-state index in [4.69, 9.17) is 0 Å². The zero-order valence-corrected chi connectivity index (χ0v) is 15.8. The smallest absolute Gasteiger partial charge is 0.107 e. The SMILES string of the molecule is C[C](C)(C)[Sn][C](C)(C)C.I.I. The summed E-state index contributed by atoms with van der Waals surface area (Å²) in [6, 6.07) is 0. The van der Waals surface area contributed by atoms with E-state index in [1.807, 2.05) is 0 Å². The fourth-order valence-corrected chi connectivity index (χ4v) is 7.55. The van der Waals surface area contributed by atoms with Crippen LogP contribution in [0.4, 0.5) is 0 Å². The second-order valence-corrected chi connectivity index (χ2v) is 13.9. The third-order valence-electron chi connectivity index (χ3n) is 0.750. The van der Waals surface area contributed by atoms with Crippen LogP contribution in [0.15, 0.2) is 0 Å². The normalized spacial score (nSPS) is 11.5. The molecule has 0 aliphatic carbocycles. The maximum absolute atomic E-state index is 2.37. The first kappa shape index (κ1) is 18.9. The summed E-state index contributed by atoms with van der Waals surface area (Å²) in [6.07, 6.45) is 0. The monoisotopic (exact) mass is 490 g/mol. The minimum Gasteiger partial charge on any atom is -0.107 e. The Morgan fingerprint density at radius 1 is 0.636 bits per heavy atom. The van der Waals surface area contributed by atoms with Crippen LogP contribution in [0.2, 0.25) is 6.86 Å². The van der Waals surface area contributed by atoms with Crippen LogP contribution in [0.25, 0.3) is 0 Å². The van der Waals surface area contributed by atoms with Crippen LogP contribution in [0, 0.1) is 0 Å². The van der Waals surface area contributed by atoms with Crippen molar-refractivity contribution in [3.63, 3.8) is 0 Å². The molecule has 0 amide bonds. The van der Waals surface area contributed by atoms with Gasteiger partial charge in [0.15, 0.2) is 0 Å². The third-order valence-corrected chi connectivity index (χ3v) is 5.03.